The van der Waals surface area contributed by atoms with Crippen LogP contribution in [-0.4, -0.2) is 45.4 Å². The van der Waals surface area contributed by atoms with E-state index in [1.807, 2.05) is 13.8 Å². The van der Waals surface area contributed by atoms with Gasteiger partial charge in [-0.15, -0.1) is 0 Å². The van der Waals surface area contributed by atoms with Gasteiger partial charge < -0.3 is 20.2 Å². The van der Waals surface area contributed by atoms with E-state index in [9.17, 15) is 20.1 Å². The van der Waals surface area contributed by atoms with Gasteiger partial charge >= 0.3 is 0 Å². The molecule has 0 aliphatic heterocycles. The molecule has 118 valence electrons. The Labute approximate surface area is 129 Å². The number of benzene rings is 1. The van der Waals surface area contributed by atoms with Gasteiger partial charge in [0, 0.05) is 43.1 Å². The number of carbonyl (C=O) groups excluding carboxylic acids is 1. The highest BCUT2D eigenvalue weighted by atomic mass is 32.2. The summed E-state index contributed by atoms with van der Waals surface area (Å²) < 4.78 is 0. The second kappa shape index (κ2) is 8.26. The topological polar surface area (TPSA) is 81.0 Å². The standard InChI is InChI=1S/C15H23NO4S/c1-4-16(5-2)11-6-7-12(13(18)8-11)15(20)14(19)9-21-10(3)17/h6-8,14-15,18-20H,4-5,9H2,1-3H3. The Morgan fingerprint density at radius 1 is 1.29 bits per heavy atom. The van der Waals surface area contributed by atoms with Gasteiger partial charge in [-0.3, -0.25) is 4.79 Å². The Hall–Kier alpha value is -1.24. The number of phenolic OH excluding ortho intramolecular Hbond substituents is 1. The first kappa shape index (κ1) is 17.8. The zero-order chi connectivity index (χ0) is 16.0. The lowest BCUT2D eigenvalue weighted by Gasteiger charge is -2.23. The molecule has 0 aliphatic carbocycles. The van der Waals surface area contributed by atoms with Crippen LogP contribution in [0.3, 0.4) is 0 Å². The van der Waals surface area contributed by atoms with Crippen molar-refractivity contribution in [2.45, 2.75) is 33.0 Å². The normalized spacial score (nSPS) is 13.8. The van der Waals surface area contributed by atoms with Crippen LogP contribution >= 0.6 is 11.8 Å². The van der Waals surface area contributed by atoms with Crippen LogP contribution < -0.4 is 4.90 Å². The van der Waals surface area contributed by atoms with Crippen LogP contribution in [0.15, 0.2) is 18.2 Å². The monoisotopic (exact) mass is 313 g/mol. The molecule has 0 aromatic heterocycles. The minimum Gasteiger partial charge on any atom is -0.507 e. The van der Waals surface area contributed by atoms with Crippen LogP contribution in [0.4, 0.5) is 5.69 Å². The molecule has 3 N–H and O–H groups in total. The average molecular weight is 313 g/mol. The molecule has 0 amide bonds. The lowest BCUT2D eigenvalue weighted by atomic mass is 10.0. The van der Waals surface area contributed by atoms with E-state index < -0.39 is 12.2 Å². The predicted octanol–water partition coefficient (Wildman–Crippen LogP) is 1.91. The Bertz CT molecular complexity index is 477. The van der Waals surface area contributed by atoms with Gasteiger partial charge in [-0.2, -0.15) is 0 Å². The van der Waals surface area contributed by atoms with Crippen molar-refractivity contribution in [2.24, 2.45) is 0 Å². The maximum absolute atomic E-state index is 10.9. The molecule has 0 fully saturated rings. The molecule has 0 spiro atoms. The van der Waals surface area contributed by atoms with Crippen molar-refractivity contribution in [1.82, 2.24) is 0 Å². The maximum Gasteiger partial charge on any atom is 0.185 e. The van der Waals surface area contributed by atoms with E-state index in [4.69, 9.17) is 0 Å². The SMILES string of the molecule is CCN(CC)c1ccc(C(O)C(O)CSC(C)=O)c(O)c1. The average Bonchev–Trinajstić information content (AvgIpc) is 2.45. The first-order valence-electron chi connectivity index (χ1n) is 6.98. The molecule has 21 heavy (non-hydrogen) atoms. The summed E-state index contributed by atoms with van der Waals surface area (Å²) in [6, 6.07) is 4.99. The molecule has 0 saturated heterocycles. The van der Waals surface area contributed by atoms with Crippen molar-refractivity contribution >= 4 is 22.6 Å². The summed E-state index contributed by atoms with van der Waals surface area (Å²) in [5, 5.41) is 29.9. The Morgan fingerprint density at radius 2 is 1.90 bits per heavy atom. The van der Waals surface area contributed by atoms with E-state index in [0.717, 1.165) is 30.5 Å². The summed E-state index contributed by atoms with van der Waals surface area (Å²) in [5.74, 6) is 0.0343. The fourth-order valence-electron chi connectivity index (χ4n) is 2.07. The number of hydrogen-bond donors (Lipinski definition) is 3. The van der Waals surface area contributed by atoms with E-state index in [1.165, 1.54) is 6.92 Å². The summed E-state index contributed by atoms with van der Waals surface area (Å²) in [6.45, 7) is 7.07. The molecule has 1 aromatic carbocycles. The van der Waals surface area contributed by atoms with Crippen molar-refractivity contribution in [1.29, 1.82) is 0 Å². The van der Waals surface area contributed by atoms with Gasteiger partial charge in [-0.25, -0.2) is 0 Å². The fourth-order valence-corrected chi connectivity index (χ4v) is 2.66. The fraction of sp³-hybridized carbons (Fsp3) is 0.533. The molecule has 0 radical (unpaired) electrons. The summed E-state index contributed by atoms with van der Waals surface area (Å²) in [7, 11) is 0. The second-order valence-corrected chi connectivity index (χ2v) is 5.93. The summed E-state index contributed by atoms with van der Waals surface area (Å²) >= 11 is 0.945. The minimum atomic E-state index is -1.22. The van der Waals surface area contributed by atoms with E-state index in [1.54, 1.807) is 18.2 Å². The zero-order valence-corrected chi connectivity index (χ0v) is 13.4. The molecule has 2 unspecified atom stereocenters. The highest BCUT2D eigenvalue weighted by Crippen LogP contribution is 2.31. The largest absolute Gasteiger partial charge is 0.507 e. The van der Waals surface area contributed by atoms with E-state index >= 15 is 0 Å². The van der Waals surface area contributed by atoms with Gasteiger partial charge in [0.05, 0.1) is 6.10 Å². The van der Waals surface area contributed by atoms with Crippen LogP contribution in [0.5, 0.6) is 5.75 Å². The Balaban J connectivity index is 2.86. The minimum absolute atomic E-state index is 0.0567. The van der Waals surface area contributed by atoms with Gasteiger partial charge in [-0.05, 0) is 19.9 Å². The molecule has 2 atom stereocenters. The summed E-state index contributed by atoms with van der Waals surface area (Å²) in [6.07, 6.45) is -2.33. The molecule has 0 bridgehead atoms. The van der Waals surface area contributed by atoms with Crippen molar-refractivity contribution in [3.8, 4) is 5.75 Å². The molecular formula is C15H23NO4S. The molecular weight excluding hydrogens is 290 g/mol. The first-order valence-corrected chi connectivity index (χ1v) is 7.96. The van der Waals surface area contributed by atoms with Crippen LogP contribution in [-0.2, 0) is 4.79 Å². The zero-order valence-electron chi connectivity index (χ0n) is 12.6. The molecule has 1 rings (SSSR count). The third-order valence-corrected chi connectivity index (χ3v) is 4.20. The lowest BCUT2D eigenvalue weighted by molar-refractivity contribution is -0.109. The number of thioether (sulfide) groups is 1. The van der Waals surface area contributed by atoms with Crippen molar-refractivity contribution in [3.05, 3.63) is 23.8 Å². The molecule has 0 heterocycles. The third kappa shape index (κ3) is 4.91. The van der Waals surface area contributed by atoms with Gasteiger partial charge in [0.25, 0.3) is 0 Å². The number of aliphatic hydroxyl groups is 2. The molecule has 6 heteroatoms. The number of carbonyl (C=O) groups is 1. The molecule has 5 nitrogen and oxygen atoms in total. The van der Waals surface area contributed by atoms with Crippen molar-refractivity contribution in [2.75, 3.05) is 23.7 Å². The van der Waals surface area contributed by atoms with Gasteiger partial charge in [0.2, 0.25) is 0 Å². The van der Waals surface area contributed by atoms with Crippen LogP contribution in [0.25, 0.3) is 0 Å². The predicted molar refractivity (Wildman–Crippen MR) is 85.8 cm³/mol. The number of hydrogen-bond acceptors (Lipinski definition) is 6. The number of phenols is 1. The van der Waals surface area contributed by atoms with Crippen molar-refractivity contribution < 1.29 is 20.1 Å². The van der Waals surface area contributed by atoms with E-state index in [0.29, 0.717) is 0 Å². The van der Waals surface area contributed by atoms with Crippen LogP contribution in [0.1, 0.15) is 32.4 Å². The highest BCUT2D eigenvalue weighted by molar-refractivity contribution is 8.13. The Kier molecular flexibility index (Phi) is 7.01. The second-order valence-electron chi connectivity index (χ2n) is 4.73. The van der Waals surface area contributed by atoms with E-state index in [2.05, 4.69) is 4.90 Å². The van der Waals surface area contributed by atoms with Crippen LogP contribution in [0.2, 0.25) is 0 Å². The van der Waals surface area contributed by atoms with Crippen molar-refractivity contribution in [3.63, 3.8) is 0 Å². The van der Waals surface area contributed by atoms with Crippen LogP contribution in [0, 0.1) is 0 Å². The third-order valence-electron chi connectivity index (χ3n) is 3.28. The molecule has 0 aliphatic rings. The van der Waals surface area contributed by atoms with E-state index in [-0.39, 0.29) is 22.2 Å². The molecule has 0 saturated carbocycles. The summed E-state index contributed by atoms with van der Waals surface area (Å²) in [4.78, 5) is 12.9. The first-order chi connectivity index (χ1) is 9.90. The number of rotatable bonds is 7. The lowest BCUT2D eigenvalue weighted by Crippen LogP contribution is -2.23. The molecule has 1 aromatic rings. The maximum atomic E-state index is 10.9. The number of anilines is 1. The number of aromatic hydroxyl groups is 1. The van der Waals surface area contributed by atoms with Gasteiger partial charge in [0.15, 0.2) is 5.12 Å². The number of aliphatic hydroxyl groups excluding tert-OH is 2. The number of nitrogens with zero attached hydrogens (tertiary/aromatic N) is 1. The quantitative estimate of drug-likeness (QED) is 0.713. The summed E-state index contributed by atoms with van der Waals surface area (Å²) in [5.41, 5.74) is 1.13. The highest BCUT2D eigenvalue weighted by Gasteiger charge is 2.22. The van der Waals surface area contributed by atoms with Gasteiger partial charge in [0.1, 0.15) is 11.9 Å². The Morgan fingerprint density at radius 3 is 2.38 bits per heavy atom. The smallest absolute Gasteiger partial charge is 0.185 e. The van der Waals surface area contributed by atoms with Gasteiger partial charge in [-0.1, -0.05) is 17.8 Å².